The summed E-state index contributed by atoms with van der Waals surface area (Å²) >= 11 is 27.1. The summed E-state index contributed by atoms with van der Waals surface area (Å²) in [6.07, 6.45) is -1.25. The summed E-state index contributed by atoms with van der Waals surface area (Å²) in [6, 6.07) is 16.1. The van der Waals surface area contributed by atoms with Gasteiger partial charge in [0.2, 0.25) is 27.1 Å². The van der Waals surface area contributed by atoms with Gasteiger partial charge < -0.3 is 56.0 Å². The fourth-order valence-electron chi connectivity index (χ4n) is 10.5. The van der Waals surface area contributed by atoms with Crippen LogP contribution in [0.25, 0.3) is 0 Å². The zero-order valence-electron chi connectivity index (χ0n) is 79.8. The minimum absolute atomic E-state index is 0.0374. The molecule has 4 aliphatic rings. The summed E-state index contributed by atoms with van der Waals surface area (Å²) in [4.78, 5) is 50.2. The number of aryl methyl sites for hydroxylation is 8. The molecule has 12 heterocycles. The molecule has 4 N–H and O–H groups in total. The second-order valence-corrected chi connectivity index (χ2v) is 35.5. The first kappa shape index (κ1) is 59.4. The second-order valence-electron chi connectivity index (χ2n) is 23.7. The third-order valence-corrected chi connectivity index (χ3v) is 27.4. The van der Waals surface area contributed by atoms with E-state index in [1.165, 1.54) is 76.1 Å². The number of carbonyl (C=O) groups is 4. The Bertz CT molecular complexity index is 7320. The van der Waals surface area contributed by atoms with E-state index in [-0.39, 0.29) is 106 Å². The van der Waals surface area contributed by atoms with E-state index in [4.69, 9.17) is 133 Å². The zero-order valence-corrected chi connectivity index (χ0v) is 67.3. The molecule has 0 saturated heterocycles. The number of benzene rings is 4. The van der Waals surface area contributed by atoms with Gasteiger partial charge >= 0.3 is 0 Å². The molecule has 44 heteroatoms. The van der Waals surface area contributed by atoms with Crippen LogP contribution in [0.1, 0.15) is 136 Å². The Morgan fingerprint density at radius 1 is 0.371 bits per heavy atom. The van der Waals surface area contributed by atoms with Crippen LogP contribution in [-0.2, 0) is 65.8 Å². The number of carbonyl (C=O) groups excluding carboxylic acids is 4. The topological polar surface area (TPSA) is 431 Å². The minimum Gasteiger partial charge on any atom is -0.454 e. The van der Waals surface area contributed by atoms with E-state index in [2.05, 4.69) is 20.6 Å². The summed E-state index contributed by atoms with van der Waals surface area (Å²) < 4.78 is 337. The molecule has 4 aliphatic heterocycles. The molecule has 0 bridgehead atoms. The van der Waals surface area contributed by atoms with E-state index < -0.39 is 214 Å². The number of ether oxygens (including phenoxy) is 8. The summed E-state index contributed by atoms with van der Waals surface area (Å²) in [7, 11) is -17.7. The molecular weight excluding hydrogens is 1760 g/mol. The van der Waals surface area contributed by atoms with Crippen molar-refractivity contribution >= 4 is 179 Å². The number of fused-ring (bicyclic) bond motifs is 4. The maximum atomic E-state index is 13.1. The number of anilines is 4. The van der Waals surface area contributed by atoms with Gasteiger partial charge in [0.05, 0.1) is 19.5 Å². The highest BCUT2D eigenvalue weighted by Gasteiger charge is 2.34. The van der Waals surface area contributed by atoms with Gasteiger partial charge in [-0.3, -0.25) is 19.2 Å². The smallest absolute Gasteiger partial charge is 0.265 e. The van der Waals surface area contributed by atoms with Crippen molar-refractivity contribution in [3.63, 3.8) is 0 Å². The van der Waals surface area contributed by atoms with Crippen molar-refractivity contribution in [1.29, 1.82) is 0 Å². The molecule has 4 aromatic carbocycles. The molecular formula is C72H60Cl4N8O24S8. The van der Waals surface area contributed by atoms with Crippen LogP contribution in [0.4, 0.5) is 23.5 Å². The van der Waals surface area contributed by atoms with E-state index in [0.29, 0.717) is 33.8 Å². The molecule has 16 rings (SSSR count). The van der Waals surface area contributed by atoms with Gasteiger partial charge in [-0.25, -0.2) is 52.6 Å². The lowest BCUT2D eigenvalue weighted by Gasteiger charge is -2.09. The Morgan fingerprint density at radius 3 is 0.888 bits per heavy atom. The van der Waals surface area contributed by atoms with Crippen molar-refractivity contribution in [3.05, 3.63) is 201 Å². The van der Waals surface area contributed by atoms with E-state index in [9.17, 15) is 52.8 Å². The van der Waals surface area contributed by atoms with E-state index in [1.807, 2.05) is 18.9 Å². The average Bonchev–Trinajstić information content (AvgIpc) is 1.62. The fourth-order valence-corrected chi connectivity index (χ4v) is 20.7. The zero-order chi connectivity index (χ0) is 102. The summed E-state index contributed by atoms with van der Waals surface area (Å²) in [5.41, 5.74) is -0.201. The number of hydrogen-bond acceptors (Lipinski definition) is 32. The van der Waals surface area contributed by atoms with Crippen molar-refractivity contribution in [2.75, 3.05) is 46.0 Å². The first-order chi connectivity index (χ1) is 63.8. The molecule has 8 aromatic heterocycles. The lowest BCUT2D eigenvalue weighted by atomic mass is 10.0. The maximum absolute atomic E-state index is 13.1. The number of sulfonamides is 4. The first-order valence-corrected chi connectivity index (χ1v) is 42.7. The van der Waals surface area contributed by atoms with Gasteiger partial charge in [0.1, 0.15) is 67.9 Å². The van der Waals surface area contributed by atoms with Crippen molar-refractivity contribution in [2.45, 2.75) is 100 Å². The Kier molecular flexibility index (Phi) is 17.5. The van der Waals surface area contributed by atoms with E-state index in [0.717, 1.165) is 51.4 Å². The quantitative estimate of drug-likeness (QED) is 0.0408. The minimum atomic E-state index is -4.49. The molecule has 608 valence electrons. The number of hydrogen-bond donors (Lipinski definition) is 4. The highest BCUT2D eigenvalue weighted by Crippen LogP contribution is 2.42. The van der Waals surface area contributed by atoms with Crippen LogP contribution in [-0.4, -0.2) is 105 Å². The van der Waals surface area contributed by atoms with Crippen molar-refractivity contribution < 1.29 is 139 Å². The average molecular weight is 1840 g/mol. The van der Waals surface area contributed by atoms with Crippen LogP contribution >= 0.6 is 91.8 Å². The van der Waals surface area contributed by atoms with Crippen LogP contribution in [0.2, 0.25) is 20.1 Å². The van der Waals surface area contributed by atoms with Crippen molar-refractivity contribution in [3.8, 4) is 46.0 Å². The molecule has 0 spiro atoms. The summed E-state index contributed by atoms with van der Waals surface area (Å²) in [5, 5.41) is 16.6. The molecule has 2 atom stereocenters. The number of aromatic nitrogens is 4. The number of halogens is 4. The Morgan fingerprint density at radius 2 is 0.612 bits per heavy atom. The fraction of sp³-hybridized carbons (Fsp3) is 0.222. The predicted molar refractivity (Wildman–Crippen MR) is 427 cm³/mol. The molecule has 2 unspecified atom stereocenters. The first-order valence-electron chi connectivity index (χ1n) is 42.9. The third kappa shape index (κ3) is 18.1. The van der Waals surface area contributed by atoms with Crippen molar-refractivity contribution in [2.24, 2.45) is 0 Å². The predicted octanol–water partition coefficient (Wildman–Crippen LogP) is 15.8. The van der Waals surface area contributed by atoms with E-state index >= 15 is 0 Å². The third-order valence-electron chi connectivity index (χ3n) is 16.1. The Balaban J connectivity index is 0.000000155. The lowest BCUT2D eigenvalue weighted by Crippen LogP contribution is -2.16. The molecule has 12 aromatic rings. The number of Topliss-reactive ketones (excluding diaryl/α,β-unsaturated/α-hetero) is 4. The Hall–Kier alpha value is -10.2. The Labute approximate surface area is 727 Å². The highest BCUT2D eigenvalue weighted by molar-refractivity contribution is 7.94. The number of nitrogens with zero attached hydrogens (tertiary/aromatic N) is 4. The number of ketones is 4. The molecule has 0 aliphatic carbocycles. The normalized spacial score (nSPS) is 18.1. The largest absolute Gasteiger partial charge is 0.454 e. The van der Waals surface area contributed by atoms with Gasteiger partial charge in [-0.2, -0.15) is 0 Å². The number of thiophene rings is 4. The molecule has 0 saturated carbocycles. The van der Waals surface area contributed by atoms with Crippen LogP contribution in [0.15, 0.2) is 132 Å². The van der Waals surface area contributed by atoms with Crippen LogP contribution in [0, 0.1) is 55.0 Å². The highest BCUT2D eigenvalue weighted by atomic mass is 35.5. The SMILES string of the molecule is [2H]C([2H])([2H])c1cc2c(cc1CC(=O)c1sccc1S(=O)(=O)Nc1onc(C([2H])([2H])[2H])c1Cl)OCO2.[2H]C1([2H])Oc2cc(C)c(CC(=O)c3sccc3S(=O)(=O)Nc3onc(C([2H])([2H])[2H])c3Cl)cc2O1.[2H]C1Oc2cc(C)c(CC(=O)c3sccc3S(=O)(=O)Nc3onc(C([2H])([2H])[2H])c3Cl)cc2O1.[2H]C1Oc2cc(CC(=O)c3sccc3S(=O)(=O)Nc3onc(C([2H])([2H])[2H])c3Cl)c(C([2H])([2H])[2H])cc2O1. The summed E-state index contributed by atoms with van der Waals surface area (Å²) in [6.45, 7) is -17.6. The molecule has 32 nitrogen and oxygen atoms in total. The van der Waals surface area contributed by atoms with Crippen LogP contribution in [0.3, 0.4) is 0 Å². The standard InChI is InChI=1S/4C18H15ClN2O6S2/c4*1-9-5-13-14(26-8-25-13)7-11(9)6-12(22)17-15(3-4-28-17)29(23,24)21-18-16(19)10(2)20-27-18/h4*3-5,7,21H,6,8H2,1-2H3/i1D3,2D3,8D;2D3,8D2;2D3,8D;1D3,2D3. The van der Waals surface area contributed by atoms with Crippen molar-refractivity contribution in [1.82, 2.24) is 20.6 Å². The van der Waals surface area contributed by atoms with E-state index in [1.54, 1.807) is 26.0 Å². The number of rotatable bonds is 24. The van der Waals surface area contributed by atoms with Crippen LogP contribution < -0.4 is 56.8 Å². The number of nitrogens with one attached hydrogen (secondary N) is 4. The molecule has 0 amide bonds. The summed E-state index contributed by atoms with van der Waals surface area (Å²) in [5.74, 6) is -3.12. The van der Waals surface area contributed by atoms with Crippen LogP contribution in [0.5, 0.6) is 46.0 Å². The second kappa shape index (κ2) is 34.1. The maximum Gasteiger partial charge on any atom is 0.265 e. The van der Waals surface area contributed by atoms with Gasteiger partial charge in [-0.15, -0.1) is 45.3 Å². The van der Waals surface area contributed by atoms with Gasteiger partial charge in [-0.1, -0.05) is 67.0 Å². The molecule has 0 fully saturated rings. The van der Waals surface area contributed by atoms with Gasteiger partial charge in [-0.05, 0) is 194 Å². The molecule has 0 radical (unpaired) electrons. The monoisotopic (exact) mass is 1840 g/mol. The molecule has 116 heavy (non-hydrogen) atoms. The lowest BCUT2D eigenvalue weighted by molar-refractivity contribution is 0.0985. The van der Waals surface area contributed by atoms with Gasteiger partial charge in [0.15, 0.2) is 69.1 Å². The van der Waals surface area contributed by atoms with Gasteiger partial charge in [0, 0.05) is 50.4 Å². The van der Waals surface area contributed by atoms with Gasteiger partial charge in [0.25, 0.3) is 63.6 Å².